The number of nitrogens with one attached hydrogen (secondary N) is 2. The first-order chi connectivity index (χ1) is 15.0. The molecule has 1 heterocycles. The highest BCUT2D eigenvalue weighted by molar-refractivity contribution is 7.89. The second-order valence-corrected chi connectivity index (χ2v) is 9.20. The lowest BCUT2D eigenvalue weighted by Gasteiger charge is -2.22. The molecule has 0 saturated heterocycles. The van der Waals surface area contributed by atoms with Crippen molar-refractivity contribution in [3.63, 3.8) is 0 Å². The molecule has 0 aliphatic carbocycles. The zero-order chi connectivity index (χ0) is 21.8. The van der Waals surface area contributed by atoms with Gasteiger partial charge in [0, 0.05) is 0 Å². The number of hydrogen-bond donors (Lipinski definition) is 2. The Balaban J connectivity index is 1.66. The summed E-state index contributed by atoms with van der Waals surface area (Å²) in [6, 6.07) is 21.6. The number of aromatic nitrogens is 2. The van der Waals surface area contributed by atoms with Crippen LogP contribution in [-0.2, 0) is 14.8 Å². The molecule has 3 aromatic carbocycles. The predicted molar refractivity (Wildman–Crippen MR) is 120 cm³/mol. The average molecular weight is 453 g/mol. The third-order valence-electron chi connectivity index (χ3n) is 4.86. The van der Waals surface area contributed by atoms with Crippen molar-refractivity contribution in [2.75, 3.05) is 0 Å². The van der Waals surface area contributed by atoms with E-state index in [9.17, 15) is 13.2 Å². The number of rotatable bonds is 7. The maximum absolute atomic E-state index is 13.2. The molecule has 2 N–H and O–H groups in total. The molecule has 0 aliphatic heterocycles. The maximum Gasteiger partial charge on any atom is 0.243 e. The Labute approximate surface area is 184 Å². The van der Waals surface area contributed by atoms with E-state index in [1.165, 1.54) is 6.07 Å². The van der Waals surface area contributed by atoms with Crippen molar-refractivity contribution in [3.05, 3.63) is 90.0 Å². The van der Waals surface area contributed by atoms with Gasteiger partial charge in [-0.3, -0.25) is 4.79 Å². The topological polar surface area (TPSA) is 101 Å². The van der Waals surface area contributed by atoms with Crippen LogP contribution in [-0.4, -0.2) is 23.1 Å². The van der Waals surface area contributed by atoms with Gasteiger partial charge in [0.15, 0.2) is 0 Å². The number of hydrogen-bond acceptors (Lipinski definition) is 6. The monoisotopic (exact) mass is 452 g/mol. The SMILES string of the molecule is C[C@@H](NC(=O)[C@H](NS(=O)(=O)c1cccc2nsnc12)c1ccccc1)c1ccccc1. The van der Waals surface area contributed by atoms with Crippen LogP contribution in [0.2, 0.25) is 0 Å². The van der Waals surface area contributed by atoms with Crippen LogP contribution < -0.4 is 10.0 Å². The highest BCUT2D eigenvalue weighted by atomic mass is 32.2. The number of amides is 1. The number of nitrogens with zero attached hydrogens (tertiary/aromatic N) is 2. The molecule has 158 valence electrons. The molecule has 0 saturated carbocycles. The van der Waals surface area contributed by atoms with Crippen LogP contribution in [0.4, 0.5) is 0 Å². The zero-order valence-corrected chi connectivity index (χ0v) is 18.2. The molecule has 0 bridgehead atoms. The van der Waals surface area contributed by atoms with Crippen LogP contribution in [0.5, 0.6) is 0 Å². The normalized spacial score (nSPS) is 13.6. The average Bonchev–Trinajstić information content (AvgIpc) is 3.27. The summed E-state index contributed by atoms with van der Waals surface area (Å²) in [7, 11) is -4.06. The van der Waals surface area contributed by atoms with Crippen LogP contribution in [0, 0.1) is 0 Å². The van der Waals surface area contributed by atoms with Gasteiger partial charge in [0.1, 0.15) is 22.0 Å². The summed E-state index contributed by atoms with van der Waals surface area (Å²) in [4.78, 5) is 13.2. The standard InChI is InChI=1S/C22H20N4O3S2/c1-15(16-9-4-2-5-10-16)23-22(27)20(17-11-6-3-7-12-17)26-31(28,29)19-14-8-13-18-21(19)25-30-24-18/h2-15,20,26H,1H3,(H,23,27)/t15-,20-/m1/s1. The summed E-state index contributed by atoms with van der Waals surface area (Å²) < 4.78 is 37.2. The minimum absolute atomic E-state index is 0.0106. The molecule has 0 unspecified atom stereocenters. The molecule has 31 heavy (non-hydrogen) atoms. The Morgan fingerprint density at radius 2 is 1.52 bits per heavy atom. The lowest BCUT2D eigenvalue weighted by Crippen LogP contribution is -2.41. The van der Waals surface area contributed by atoms with Gasteiger partial charge in [-0.15, -0.1) is 0 Å². The Kier molecular flexibility index (Phi) is 6.08. The Bertz CT molecular complexity index is 1290. The van der Waals surface area contributed by atoms with Crippen molar-refractivity contribution >= 4 is 38.7 Å². The van der Waals surface area contributed by atoms with Crippen molar-refractivity contribution < 1.29 is 13.2 Å². The molecule has 1 aromatic heterocycles. The van der Waals surface area contributed by atoms with Crippen LogP contribution in [0.15, 0.2) is 83.8 Å². The van der Waals surface area contributed by atoms with Gasteiger partial charge < -0.3 is 5.32 Å². The number of fused-ring (bicyclic) bond motifs is 1. The van der Waals surface area contributed by atoms with Crippen LogP contribution in [0.1, 0.15) is 30.1 Å². The minimum atomic E-state index is -4.06. The van der Waals surface area contributed by atoms with Crippen LogP contribution in [0.25, 0.3) is 11.0 Å². The van der Waals surface area contributed by atoms with Gasteiger partial charge in [-0.1, -0.05) is 66.7 Å². The molecule has 0 aliphatic rings. The van der Waals surface area contributed by atoms with E-state index in [0.717, 1.165) is 17.3 Å². The van der Waals surface area contributed by atoms with E-state index in [0.29, 0.717) is 11.1 Å². The molecule has 9 heteroatoms. The highest BCUT2D eigenvalue weighted by Gasteiger charge is 2.29. The lowest BCUT2D eigenvalue weighted by molar-refractivity contribution is -0.123. The molecule has 4 aromatic rings. The molecule has 0 fully saturated rings. The molecule has 4 rings (SSSR count). The van der Waals surface area contributed by atoms with Gasteiger partial charge in [0.25, 0.3) is 0 Å². The van der Waals surface area contributed by atoms with Gasteiger partial charge >= 0.3 is 0 Å². The van der Waals surface area contributed by atoms with E-state index in [1.807, 2.05) is 37.3 Å². The van der Waals surface area contributed by atoms with Crippen LogP contribution >= 0.6 is 11.7 Å². The molecule has 0 radical (unpaired) electrons. The second kappa shape index (κ2) is 8.93. The van der Waals surface area contributed by atoms with E-state index in [-0.39, 0.29) is 16.5 Å². The quantitative estimate of drug-likeness (QED) is 0.446. The molecule has 0 spiro atoms. The van der Waals surface area contributed by atoms with E-state index in [1.54, 1.807) is 42.5 Å². The third kappa shape index (κ3) is 4.63. The first kappa shape index (κ1) is 21.1. The van der Waals surface area contributed by atoms with Gasteiger partial charge in [0.05, 0.1) is 17.8 Å². The maximum atomic E-state index is 13.2. The summed E-state index contributed by atoms with van der Waals surface area (Å²) in [5, 5.41) is 2.91. The molecular formula is C22H20N4O3S2. The van der Waals surface area contributed by atoms with Gasteiger partial charge in [-0.2, -0.15) is 13.5 Å². The molecular weight excluding hydrogens is 432 g/mol. The first-order valence-corrected chi connectivity index (χ1v) is 11.8. The Hall–Kier alpha value is -3.14. The summed E-state index contributed by atoms with van der Waals surface area (Å²) in [5.74, 6) is -0.449. The third-order valence-corrected chi connectivity index (χ3v) is 6.86. The van der Waals surface area contributed by atoms with Crippen LogP contribution in [0.3, 0.4) is 0 Å². The number of sulfonamides is 1. The van der Waals surface area contributed by atoms with Crippen molar-refractivity contribution in [2.45, 2.75) is 23.9 Å². The number of benzene rings is 3. The van der Waals surface area contributed by atoms with E-state index >= 15 is 0 Å². The largest absolute Gasteiger partial charge is 0.348 e. The lowest BCUT2D eigenvalue weighted by atomic mass is 10.1. The van der Waals surface area contributed by atoms with Gasteiger partial charge in [0.2, 0.25) is 15.9 Å². The van der Waals surface area contributed by atoms with Crippen molar-refractivity contribution in [3.8, 4) is 0 Å². The number of carbonyl (C=O) groups excluding carboxylic acids is 1. The first-order valence-electron chi connectivity index (χ1n) is 9.59. The summed E-state index contributed by atoms with van der Waals surface area (Å²) in [6.07, 6.45) is 0. The predicted octanol–water partition coefficient (Wildman–Crippen LogP) is 3.59. The van der Waals surface area contributed by atoms with E-state index in [2.05, 4.69) is 18.8 Å². The van der Waals surface area contributed by atoms with Crippen molar-refractivity contribution in [2.24, 2.45) is 0 Å². The fraction of sp³-hybridized carbons (Fsp3) is 0.136. The van der Waals surface area contributed by atoms with E-state index < -0.39 is 22.0 Å². The molecule has 1 amide bonds. The summed E-state index contributed by atoms with van der Waals surface area (Å²) in [6.45, 7) is 1.85. The Morgan fingerprint density at radius 3 is 2.19 bits per heavy atom. The number of carbonyl (C=O) groups is 1. The smallest absolute Gasteiger partial charge is 0.243 e. The minimum Gasteiger partial charge on any atom is -0.348 e. The van der Waals surface area contributed by atoms with Crippen molar-refractivity contribution in [1.29, 1.82) is 0 Å². The fourth-order valence-corrected chi connectivity index (χ4v) is 5.21. The molecule has 2 atom stereocenters. The Morgan fingerprint density at radius 1 is 0.871 bits per heavy atom. The second-order valence-electron chi connectivity index (χ2n) is 6.99. The van der Waals surface area contributed by atoms with Gasteiger partial charge in [-0.05, 0) is 30.2 Å². The van der Waals surface area contributed by atoms with Crippen molar-refractivity contribution in [1.82, 2.24) is 18.8 Å². The van der Waals surface area contributed by atoms with Gasteiger partial charge in [-0.25, -0.2) is 8.42 Å². The fourth-order valence-electron chi connectivity index (χ4n) is 3.26. The van der Waals surface area contributed by atoms with E-state index in [4.69, 9.17) is 0 Å². The summed E-state index contributed by atoms with van der Waals surface area (Å²) in [5.41, 5.74) is 2.23. The zero-order valence-electron chi connectivity index (χ0n) is 16.6. The highest BCUT2D eigenvalue weighted by Crippen LogP contribution is 2.24. The summed E-state index contributed by atoms with van der Waals surface area (Å²) >= 11 is 0.939. The molecule has 7 nitrogen and oxygen atoms in total.